The summed E-state index contributed by atoms with van der Waals surface area (Å²) >= 11 is 0. The molecule has 2 atom stereocenters. The summed E-state index contributed by atoms with van der Waals surface area (Å²) in [7, 11) is 0. The van der Waals surface area contributed by atoms with Gasteiger partial charge in [-0.15, -0.1) is 0 Å². The Labute approximate surface area is 194 Å². The Morgan fingerprint density at radius 1 is 1.27 bits per heavy atom. The molecule has 0 amide bonds. The molecule has 0 saturated heterocycles. The molecule has 5 nitrogen and oxygen atoms in total. The van der Waals surface area contributed by atoms with E-state index in [-0.39, 0.29) is 23.6 Å². The highest BCUT2D eigenvalue weighted by atomic mass is 16.5. The maximum atomic E-state index is 12.2. The molecule has 1 N–H and O–H groups in total. The fourth-order valence-electron chi connectivity index (χ4n) is 5.03. The van der Waals surface area contributed by atoms with Gasteiger partial charge in [0, 0.05) is 35.9 Å². The minimum atomic E-state index is -0.511. The van der Waals surface area contributed by atoms with Crippen LogP contribution in [-0.2, 0) is 16.7 Å². The van der Waals surface area contributed by atoms with Gasteiger partial charge in [-0.1, -0.05) is 35.9 Å². The molecule has 5 heteroatoms. The topological polar surface area (TPSA) is 71.5 Å². The summed E-state index contributed by atoms with van der Waals surface area (Å²) < 4.78 is 5.29. The molecule has 0 fully saturated rings. The van der Waals surface area contributed by atoms with Crippen molar-refractivity contribution in [3.8, 4) is 0 Å². The minimum Gasteiger partial charge on any atom is -0.459 e. The molecule has 4 rings (SSSR count). The molecular formula is C28H30N2O3. The quantitative estimate of drug-likeness (QED) is 0.383. The number of hydrogen-bond acceptors (Lipinski definition) is 4. The number of ether oxygens (including phenoxy) is 1. The van der Waals surface area contributed by atoms with Crippen LogP contribution in [0, 0.1) is 5.92 Å². The van der Waals surface area contributed by atoms with Crippen LogP contribution in [0.3, 0.4) is 0 Å². The van der Waals surface area contributed by atoms with Crippen LogP contribution in [0.1, 0.15) is 61.3 Å². The lowest BCUT2D eigenvalue weighted by molar-refractivity contribution is 0.0378. The number of H-pyrrole nitrogens is 1. The number of allylic oxidation sites excluding steroid dienone is 3. The molecule has 1 aromatic carbocycles. The average Bonchev–Trinajstić information content (AvgIpc) is 2.76. The molecule has 33 heavy (non-hydrogen) atoms. The monoisotopic (exact) mass is 442 g/mol. The van der Waals surface area contributed by atoms with Gasteiger partial charge in [0.2, 0.25) is 5.56 Å². The van der Waals surface area contributed by atoms with Crippen LogP contribution >= 0.6 is 0 Å². The van der Waals surface area contributed by atoms with Crippen molar-refractivity contribution in [1.82, 2.24) is 4.98 Å². The smallest absolute Gasteiger partial charge is 0.338 e. The Kier molecular flexibility index (Phi) is 6.32. The van der Waals surface area contributed by atoms with E-state index in [0.29, 0.717) is 5.56 Å². The van der Waals surface area contributed by atoms with Gasteiger partial charge in [0.25, 0.3) is 0 Å². The summed E-state index contributed by atoms with van der Waals surface area (Å²) in [5, 5.41) is 0. The molecule has 2 aliphatic carbocycles. The molecule has 0 radical (unpaired) electrons. The van der Waals surface area contributed by atoms with Crippen LogP contribution in [0.15, 0.2) is 75.6 Å². The Morgan fingerprint density at radius 3 is 2.85 bits per heavy atom. The largest absolute Gasteiger partial charge is 0.459 e. The zero-order chi connectivity index (χ0) is 23.6. The van der Waals surface area contributed by atoms with Crippen molar-refractivity contribution in [2.75, 3.05) is 0 Å². The summed E-state index contributed by atoms with van der Waals surface area (Å²) in [4.78, 5) is 32.3. The van der Waals surface area contributed by atoms with E-state index < -0.39 is 5.54 Å². The number of aromatic nitrogens is 1. The third kappa shape index (κ3) is 4.54. The lowest BCUT2D eigenvalue weighted by Crippen LogP contribution is -2.40. The van der Waals surface area contributed by atoms with Gasteiger partial charge in [0.15, 0.2) is 0 Å². The minimum absolute atomic E-state index is 0.0775. The molecule has 2 unspecified atom stereocenters. The van der Waals surface area contributed by atoms with Gasteiger partial charge in [-0.3, -0.25) is 9.79 Å². The van der Waals surface area contributed by atoms with E-state index >= 15 is 0 Å². The number of carbonyl (C=O) groups excluding carboxylic acids is 1. The van der Waals surface area contributed by atoms with Crippen LogP contribution in [0.25, 0.3) is 6.08 Å². The van der Waals surface area contributed by atoms with Gasteiger partial charge in [-0.05, 0) is 69.5 Å². The first-order valence-corrected chi connectivity index (χ1v) is 11.4. The van der Waals surface area contributed by atoms with Crippen molar-refractivity contribution in [3.05, 3.63) is 98.5 Å². The van der Waals surface area contributed by atoms with E-state index in [2.05, 4.69) is 31.0 Å². The predicted molar refractivity (Wildman–Crippen MR) is 133 cm³/mol. The summed E-state index contributed by atoms with van der Waals surface area (Å²) in [5.74, 6) is -0.0899. The third-order valence-corrected chi connectivity index (χ3v) is 6.21. The molecular weight excluding hydrogens is 412 g/mol. The van der Waals surface area contributed by atoms with Gasteiger partial charge >= 0.3 is 5.97 Å². The molecule has 170 valence electrons. The highest BCUT2D eigenvalue weighted by Crippen LogP contribution is 2.51. The summed E-state index contributed by atoms with van der Waals surface area (Å²) in [6.45, 7) is 7.89. The van der Waals surface area contributed by atoms with Crippen LogP contribution in [0.4, 0.5) is 0 Å². The molecule has 0 saturated carbocycles. The second-order valence-electron chi connectivity index (χ2n) is 9.04. The second-order valence-corrected chi connectivity index (χ2v) is 9.04. The molecule has 2 aliphatic rings. The molecule has 1 heterocycles. The third-order valence-electron chi connectivity index (χ3n) is 6.21. The van der Waals surface area contributed by atoms with Crippen molar-refractivity contribution in [1.29, 1.82) is 0 Å². The Bertz CT molecular complexity index is 1250. The Hall–Kier alpha value is -3.47. The summed E-state index contributed by atoms with van der Waals surface area (Å²) in [6.07, 6.45) is 11.5. The number of aromatic amines is 1. The number of pyridine rings is 1. The van der Waals surface area contributed by atoms with Crippen molar-refractivity contribution >= 4 is 18.3 Å². The fraction of sp³-hybridized carbons (Fsp3) is 0.321. The van der Waals surface area contributed by atoms with Gasteiger partial charge < -0.3 is 9.72 Å². The second kappa shape index (κ2) is 9.18. The first-order chi connectivity index (χ1) is 15.8. The van der Waals surface area contributed by atoms with Crippen molar-refractivity contribution in [3.63, 3.8) is 0 Å². The number of hydrogen-bond donors (Lipinski definition) is 1. The van der Waals surface area contributed by atoms with Crippen LogP contribution in [0.5, 0.6) is 0 Å². The molecule has 0 spiro atoms. The van der Waals surface area contributed by atoms with Gasteiger partial charge in [-0.25, -0.2) is 4.79 Å². The van der Waals surface area contributed by atoms with E-state index in [9.17, 15) is 9.59 Å². The number of rotatable bonds is 5. The molecule has 2 bridgehead atoms. The van der Waals surface area contributed by atoms with Crippen molar-refractivity contribution < 1.29 is 9.53 Å². The first-order valence-electron chi connectivity index (χ1n) is 11.4. The highest BCUT2D eigenvalue weighted by Gasteiger charge is 2.46. The first kappa shape index (κ1) is 22.7. The van der Waals surface area contributed by atoms with E-state index in [4.69, 9.17) is 9.73 Å². The number of esters is 1. The van der Waals surface area contributed by atoms with Crippen LogP contribution in [0.2, 0.25) is 0 Å². The number of nitrogens with one attached hydrogen (secondary N) is 1. The van der Waals surface area contributed by atoms with Gasteiger partial charge in [0.05, 0.1) is 11.7 Å². The highest BCUT2D eigenvalue weighted by molar-refractivity contribution is 5.90. The lowest BCUT2D eigenvalue weighted by Gasteiger charge is -2.45. The maximum Gasteiger partial charge on any atom is 0.338 e. The van der Waals surface area contributed by atoms with E-state index in [1.165, 1.54) is 11.1 Å². The van der Waals surface area contributed by atoms with Gasteiger partial charge in [-0.2, -0.15) is 0 Å². The number of benzene rings is 1. The number of aliphatic imine (C=N–C) groups is 1. The van der Waals surface area contributed by atoms with E-state index in [1.807, 2.05) is 56.5 Å². The lowest BCUT2D eigenvalue weighted by atomic mass is 9.63. The zero-order valence-electron chi connectivity index (χ0n) is 19.6. The standard InChI is InChI=1S/C28H30N2O3/c1-5-23-22-14-19(4)17-28(23,24-11-12-26(31)30-25(24)16-22)29-13-7-9-20-8-6-10-21(15-20)27(32)33-18(2)3/h5-15,18,22H,16-17H2,1-4H3,(H,30,31). The molecule has 2 aromatic rings. The predicted octanol–water partition coefficient (Wildman–Crippen LogP) is 5.39. The average molecular weight is 443 g/mol. The summed E-state index contributed by atoms with van der Waals surface area (Å²) in [5.41, 5.74) is 5.46. The fourth-order valence-corrected chi connectivity index (χ4v) is 5.03. The van der Waals surface area contributed by atoms with Crippen LogP contribution in [-0.4, -0.2) is 23.3 Å². The molecule has 1 aromatic heterocycles. The van der Waals surface area contributed by atoms with Gasteiger partial charge in [0.1, 0.15) is 5.54 Å². The van der Waals surface area contributed by atoms with E-state index in [0.717, 1.165) is 29.7 Å². The molecule has 0 aliphatic heterocycles. The number of nitrogens with zero attached hydrogens (tertiary/aromatic N) is 1. The Balaban J connectivity index is 1.66. The normalized spacial score (nSPS) is 23.2. The summed E-state index contributed by atoms with van der Waals surface area (Å²) in [6, 6.07) is 10.9. The Morgan fingerprint density at radius 2 is 2.09 bits per heavy atom. The number of carbonyl (C=O) groups is 1. The van der Waals surface area contributed by atoms with Crippen LogP contribution < -0.4 is 5.56 Å². The van der Waals surface area contributed by atoms with Crippen molar-refractivity contribution in [2.45, 2.75) is 52.2 Å². The van der Waals surface area contributed by atoms with Crippen molar-refractivity contribution in [2.24, 2.45) is 10.9 Å². The SMILES string of the molecule is CC=C1C2C=C(C)CC1(N=CC=Cc1cccc(C(=O)OC(C)C)c1)c1ccc(=O)[nH]c1C2. The maximum absolute atomic E-state index is 12.2. The van der Waals surface area contributed by atoms with E-state index in [1.54, 1.807) is 12.1 Å². The zero-order valence-corrected chi connectivity index (χ0v) is 19.6. The number of fused-ring (bicyclic) bond motifs is 4.